The van der Waals surface area contributed by atoms with Gasteiger partial charge in [0.1, 0.15) is 5.25 Å². The summed E-state index contributed by atoms with van der Waals surface area (Å²) in [5.41, 5.74) is 0.572. The minimum Gasteiger partial charge on any atom is -0.481 e. The number of nitrogens with zero attached hydrogens (tertiary/aromatic N) is 1. The minimum absolute atomic E-state index is 0.127. The normalized spacial score (nSPS) is 14.0. The highest BCUT2D eigenvalue weighted by molar-refractivity contribution is 7.85. The number of pyridine rings is 1. The van der Waals surface area contributed by atoms with E-state index in [-0.39, 0.29) is 5.75 Å². The molecule has 0 aromatic carbocycles. The van der Waals surface area contributed by atoms with E-state index in [1.54, 1.807) is 25.1 Å². The van der Waals surface area contributed by atoms with Gasteiger partial charge in [-0.15, -0.1) is 0 Å². The van der Waals surface area contributed by atoms with Gasteiger partial charge in [-0.2, -0.15) is 0 Å². The largest absolute Gasteiger partial charge is 0.481 e. The topological polar surface area (TPSA) is 76.5 Å². The summed E-state index contributed by atoms with van der Waals surface area (Å²) in [5.74, 6) is -0.473. The van der Waals surface area contributed by atoms with Crippen molar-refractivity contribution in [2.24, 2.45) is 0 Å². The first-order valence-corrected chi connectivity index (χ1v) is 6.56. The molecule has 1 aromatic heterocycles. The van der Waals surface area contributed by atoms with Crippen LogP contribution in [-0.4, -0.2) is 32.6 Å². The fourth-order valence-electron chi connectivity index (χ4n) is 1.37. The van der Waals surface area contributed by atoms with Crippen molar-refractivity contribution in [3.63, 3.8) is 0 Å². The van der Waals surface area contributed by atoms with E-state index in [1.165, 1.54) is 7.11 Å². The summed E-state index contributed by atoms with van der Waals surface area (Å²) in [5, 5.41) is 8.04. The number of hydrogen-bond acceptors (Lipinski definition) is 4. The van der Waals surface area contributed by atoms with Gasteiger partial charge in [-0.3, -0.25) is 9.00 Å². The van der Waals surface area contributed by atoms with E-state index < -0.39 is 22.0 Å². The summed E-state index contributed by atoms with van der Waals surface area (Å²) < 4.78 is 16.8. The lowest BCUT2D eigenvalue weighted by molar-refractivity contribution is -0.136. The Morgan fingerprint density at radius 3 is 2.82 bits per heavy atom. The third kappa shape index (κ3) is 3.81. The molecule has 0 radical (unpaired) electrons. The van der Waals surface area contributed by atoms with Crippen molar-refractivity contribution in [1.82, 2.24) is 4.98 Å². The predicted octanol–water partition coefficient (Wildman–Crippen LogP) is 1.20. The number of hydrogen-bond donors (Lipinski definition) is 1. The van der Waals surface area contributed by atoms with Crippen molar-refractivity contribution in [3.05, 3.63) is 23.9 Å². The molecule has 0 aliphatic heterocycles. The summed E-state index contributed by atoms with van der Waals surface area (Å²) in [6, 6.07) is 5.12. The number of carboxylic acids is 1. The van der Waals surface area contributed by atoms with Gasteiger partial charge in [-0.25, -0.2) is 4.98 Å². The van der Waals surface area contributed by atoms with Gasteiger partial charge in [0, 0.05) is 16.9 Å². The van der Waals surface area contributed by atoms with Gasteiger partial charge >= 0.3 is 5.97 Å². The molecular weight excluding hydrogens is 242 g/mol. The van der Waals surface area contributed by atoms with Crippen LogP contribution in [0.25, 0.3) is 0 Å². The first-order valence-electron chi connectivity index (χ1n) is 5.18. The predicted molar refractivity (Wildman–Crippen MR) is 64.4 cm³/mol. The Balaban J connectivity index is 2.76. The van der Waals surface area contributed by atoms with E-state index >= 15 is 0 Å². The zero-order valence-corrected chi connectivity index (χ0v) is 10.6. The summed E-state index contributed by atoms with van der Waals surface area (Å²) >= 11 is 0. The molecule has 0 saturated heterocycles. The molecule has 0 fully saturated rings. The number of aliphatic carboxylic acids is 1. The van der Waals surface area contributed by atoms with Crippen LogP contribution < -0.4 is 4.74 Å². The molecule has 1 N–H and O–H groups in total. The van der Waals surface area contributed by atoms with Crippen LogP contribution in [0, 0.1) is 0 Å². The second-order valence-electron chi connectivity index (χ2n) is 3.43. The molecule has 17 heavy (non-hydrogen) atoms. The summed E-state index contributed by atoms with van der Waals surface area (Å²) in [6.45, 7) is 1.70. The number of ether oxygens (including phenoxy) is 1. The molecule has 0 amide bonds. The molecule has 6 heteroatoms. The summed E-state index contributed by atoms with van der Waals surface area (Å²) in [6.07, 6.45) is 0.339. The number of rotatable bonds is 6. The van der Waals surface area contributed by atoms with Crippen LogP contribution >= 0.6 is 0 Å². The van der Waals surface area contributed by atoms with Crippen LogP contribution in [-0.2, 0) is 21.3 Å². The third-order valence-corrected chi connectivity index (χ3v) is 3.99. The average molecular weight is 257 g/mol. The Bertz CT molecular complexity index is 422. The van der Waals surface area contributed by atoms with Gasteiger partial charge in [-0.05, 0) is 12.5 Å². The van der Waals surface area contributed by atoms with Crippen molar-refractivity contribution in [3.8, 4) is 5.88 Å². The zero-order valence-electron chi connectivity index (χ0n) is 9.75. The number of carboxylic acid groups (broad SMARTS) is 1. The summed E-state index contributed by atoms with van der Waals surface area (Å²) in [7, 11) is 0.0284. The highest BCUT2D eigenvalue weighted by atomic mass is 32.2. The van der Waals surface area contributed by atoms with Crippen LogP contribution in [0.5, 0.6) is 5.88 Å². The zero-order chi connectivity index (χ0) is 12.8. The SMILES string of the molecule is CCC(C(=O)O)S(=O)Cc1cccc(OC)n1. The van der Waals surface area contributed by atoms with E-state index in [9.17, 15) is 9.00 Å². The Kier molecular flexibility index (Phi) is 5.09. The molecule has 2 atom stereocenters. The van der Waals surface area contributed by atoms with Crippen LogP contribution in [0.4, 0.5) is 0 Å². The number of aromatic nitrogens is 1. The maximum Gasteiger partial charge on any atom is 0.319 e. The van der Waals surface area contributed by atoms with Crippen LogP contribution in [0.2, 0.25) is 0 Å². The van der Waals surface area contributed by atoms with Crippen LogP contribution in [0.15, 0.2) is 18.2 Å². The summed E-state index contributed by atoms with van der Waals surface area (Å²) in [4.78, 5) is 14.9. The number of methoxy groups -OCH3 is 1. The maximum absolute atomic E-state index is 11.8. The Labute approximate surface area is 102 Å². The van der Waals surface area contributed by atoms with Crippen LogP contribution in [0.1, 0.15) is 19.0 Å². The van der Waals surface area contributed by atoms with Crippen molar-refractivity contribution in [2.75, 3.05) is 7.11 Å². The van der Waals surface area contributed by atoms with E-state index in [0.717, 1.165) is 0 Å². The lowest BCUT2D eigenvalue weighted by atomic mass is 10.3. The van der Waals surface area contributed by atoms with Gasteiger partial charge in [-0.1, -0.05) is 13.0 Å². The van der Waals surface area contributed by atoms with E-state index in [0.29, 0.717) is 18.0 Å². The highest BCUT2D eigenvalue weighted by Crippen LogP contribution is 2.12. The van der Waals surface area contributed by atoms with Gasteiger partial charge in [0.15, 0.2) is 0 Å². The third-order valence-electron chi connectivity index (χ3n) is 2.24. The molecule has 1 heterocycles. The average Bonchev–Trinajstić information content (AvgIpc) is 2.29. The van der Waals surface area contributed by atoms with Crippen molar-refractivity contribution < 1.29 is 18.8 Å². The Morgan fingerprint density at radius 2 is 2.29 bits per heavy atom. The standard InChI is InChI=1S/C11H15NO4S/c1-3-9(11(13)14)17(15)7-8-5-4-6-10(12-8)16-2/h4-6,9H,3,7H2,1-2H3,(H,13,14). The van der Waals surface area contributed by atoms with E-state index in [2.05, 4.69) is 4.98 Å². The highest BCUT2D eigenvalue weighted by Gasteiger charge is 2.22. The monoisotopic (exact) mass is 257 g/mol. The molecule has 5 nitrogen and oxygen atoms in total. The molecule has 0 aliphatic rings. The van der Waals surface area contributed by atoms with Gasteiger partial charge < -0.3 is 9.84 Å². The van der Waals surface area contributed by atoms with Crippen molar-refractivity contribution in [2.45, 2.75) is 24.3 Å². The minimum atomic E-state index is -1.47. The Morgan fingerprint density at radius 1 is 1.59 bits per heavy atom. The quantitative estimate of drug-likeness (QED) is 0.828. The second kappa shape index (κ2) is 6.34. The number of carbonyl (C=O) groups is 1. The lowest BCUT2D eigenvalue weighted by Gasteiger charge is -2.09. The van der Waals surface area contributed by atoms with Crippen molar-refractivity contribution in [1.29, 1.82) is 0 Å². The molecule has 0 aliphatic carbocycles. The molecule has 1 rings (SSSR count). The second-order valence-corrected chi connectivity index (χ2v) is 5.05. The molecule has 0 saturated carbocycles. The molecule has 94 valence electrons. The van der Waals surface area contributed by atoms with Gasteiger partial charge in [0.05, 0.1) is 18.6 Å². The smallest absolute Gasteiger partial charge is 0.319 e. The maximum atomic E-state index is 11.8. The van der Waals surface area contributed by atoms with E-state index in [1.807, 2.05) is 0 Å². The fourth-order valence-corrected chi connectivity index (χ4v) is 2.62. The Hall–Kier alpha value is -1.43. The molecule has 1 aromatic rings. The first-order chi connectivity index (χ1) is 8.08. The molecule has 0 spiro atoms. The fraction of sp³-hybridized carbons (Fsp3) is 0.455. The molecular formula is C11H15NO4S. The van der Waals surface area contributed by atoms with Gasteiger partial charge in [0.2, 0.25) is 5.88 Å². The molecule has 2 unspecified atom stereocenters. The first kappa shape index (κ1) is 13.6. The van der Waals surface area contributed by atoms with Crippen molar-refractivity contribution >= 4 is 16.8 Å². The van der Waals surface area contributed by atoms with Crippen LogP contribution in [0.3, 0.4) is 0 Å². The molecule has 0 bridgehead atoms. The lowest BCUT2D eigenvalue weighted by Crippen LogP contribution is -2.25. The van der Waals surface area contributed by atoms with Gasteiger partial charge in [0.25, 0.3) is 0 Å². The van der Waals surface area contributed by atoms with E-state index in [4.69, 9.17) is 9.84 Å².